The van der Waals surface area contributed by atoms with E-state index in [9.17, 15) is 4.57 Å². The fourth-order valence-corrected chi connectivity index (χ4v) is 8.12. The van der Waals surface area contributed by atoms with Crippen LogP contribution in [0.15, 0.2) is 60.7 Å². The highest BCUT2D eigenvalue weighted by Gasteiger charge is 2.66. The highest BCUT2D eigenvalue weighted by molar-refractivity contribution is 7.59. The van der Waals surface area contributed by atoms with Gasteiger partial charge in [0.2, 0.25) is 7.37 Å². The van der Waals surface area contributed by atoms with Gasteiger partial charge in [-0.3, -0.25) is 4.57 Å². The van der Waals surface area contributed by atoms with E-state index in [-0.39, 0.29) is 17.7 Å². The van der Waals surface area contributed by atoms with Crippen molar-refractivity contribution in [2.24, 2.45) is 5.92 Å². The van der Waals surface area contributed by atoms with Crippen LogP contribution in [0.2, 0.25) is 0 Å². The Morgan fingerprint density at radius 2 is 1.70 bits per heavy atom. The van der Waals surface area contributed by atoms with Crippen LogP contribution in [-0.2, 0) is 13.8 Å². The standard InChI is InChI=1S/C22H28NO3P/c1-4-26-27(24)16-22(17(2)3)23(21(27)19-13-9-6-10-14-19)20(15-25-22)18-11-7-5-8-12-18/h5-14,17,20-21H,4,15-16H2,1-3H3/t20-,21?,22?,27?/m0/s1. The van der Waals surface area contributed by atoms with Gasteiger partial charge in [-0.25, -0.2) is 4.90 Å². The van der Waals surface area contributed by atoms with E-state index in [0.29, 0.717) is 19.4 Å². The number of rotatable bonds is 5. The van der Waals surface area contributed by atoms with Crippen molar-refractivity contribution < 1.29 is 13.8 Å². The number of ether oxygens (including phenoxy) is 1. The van der Waals surface area contributed by atoms with Crippen molar-refractivity contribution in [2.75, 3.05) is 19.4 Å². The number of hydrogen-bond donors (Lipinski definition) is 0. The van der Waals surface area contributed by atoms with Crippen molar-refractivity contribution in [3.05, 3.63) is 71.8 Å². The van der Waals surface area contributed by atoms with Crippen molar-refractivity contribution >= 4 is 7.37 Å². The lowest BCUT2D eigenvalue weighted by Gasteiger charge is -2.38. The van der Waals surface area contributed by atoms with Gasteiger partial charge >= 0.3 is 0 Å². The molecule has 0 saturated carbocycles. The largest absolute Gasteiger partial charge is 0.358 e. The van der Waals surface area contributed by atoms with Gasteiger partial charge in [0.05, 0.1) is 25.4 Å². The smallest absolute Gasteiger partial charge is 0.228 e. The molecule has 2 aliphatic heterocycles. The van der Waals surface area contributed by atoms with Gasteiger partial charge in [0, 0.05) is 0 Å². The van der Waals surface area contributed by atoms with Gasteiger partial charge in [-0.1, -0.05) is 74.5 Å². The summed E-state index contributed by atoms with van der Waals surface area (Å²) in [6.45, 7) is 7.28. The summed E-state index contributed by atoms with van der Waals surface area (Å²) in [6.07, 6.45) is 0.439. The molecule has 3 unspecified atom stereocenters. The maximum Gasteiger partial charge on any atom is 0.228 e. The van der Waals surface area contributed by atoms with Crippen molar-refractivity contribution in [2.45, 2.75) is 38.3 Å². The maximum absolute atomic E-state index is 14.1. The van der Waals surface area contributed by atoms with Crippen molar-refractivity contribution in [1.29, 1.82) is 0 Å². The second-order valence-electron chi connectivity index (χ2n) is 7.73. The summed E-state index contributed by atoms with van der Waals surface area (Å²) < 4.78 is 26.5. The Hall–Kier alpha value is -1.45. The van der Waals surface area contributed by atoms with Gasteiger partial charge in [-0.05, 0) is 24.0 Å². The topological polar surface area (TPSA) is 38.8 Å². The lowest BCUT2D eigenvalue weighted by atomic mass is 9.96. The van der Waals surface area contributed by atoms with E-state index >= 15 is 0 Å². The van der Waals surface area contributed by atoms with Crippen LogP contribution in [0.4, 0.5) is 0 Å². The molecule has 2 aliphatic rings. The van der Waals surface area contributed by atoms with E-state index in [0.717, 1.165) is 5.56 Å². The average Bonchev–Trinajstić information content (AvgIpc) is 3.15. The summed E-state index contributed by atoms with van der Waals surface area (Å²) in [5.74, 6) is -0.0811. The second kappa shape index (κ2) is 7.18. The van der Waals surface area contributed by atoms with E-state index in [2.05, 4.69) is 55.1 Å². The Bertz CT molecular complexity index is 826. The fraction of sp³-hybridized carbons (Fsp3) is 0.455. The van der Waals surface area contributed by atoms with Gasteiger partial charge < -0.3 is 9.26 Å². The lowest BCUT2D eigenvalue weighted by molar-refractivity contribution is -0.0964. The zero-order chi connectivity index (χ0) is 19.1. The zero-order valence-electron chi connectivity index (χ0n) is 16.2. The number of fused-ring (bicyclic) bond motifs is 1. The van der Waals surface area contributed by atoms with Crippen LogP contribution in [0.5, 0.6) is 0 Å². The van der Waals surface area contributed by atoms with E-state index < -0.39 is 13.1 Å². The molecule has 2 aromatic carbocycles. The summed E-state index contributed by atoms with van der Waals surface area (Å²) in [4.78, 5) is 2.36. The van der Waals surface area contributed by atoms with Crippen molar-refractivity contribution in [1.82, 2.24) is 4.90 Å². The Morgan fingerprint density at radius 1 is 1.11 bits per heavy atom. The van der Waals surface area contributed by atoms with Crippen LogP contribution >= 0.6 is 7.37 Å². The molecule has 2 aromatic rings. The van der Waals surface area contributed by atoms with Crippen molar-refractivity contribution in [3.8, 4) is 0 Å². The van der Waals surface area contributed by atoms with Crippen LogP contribution < -0.4 is 0 Å². The molecule has 0 spiro atoms. The van der Waals surface area contributed by atoms with Crippen molar-refractivity contribution in [3.63, 3.8) is 0 Å². The van der Waals surface area contributed by atoms with Crippen LogP contribution in [0.1, 0.15) is 43.7 Å². The minimum atomic E-state index is -2.96. The number of nitrogens with zero attached hydrogens (tertiary/aromatic N) is 1. The Labute approximate surface area is 161 Å². The quantitative estimate of drug-likeness (QED) is 0.643. The predicted octanol–water partition coefficient (Wildman–Crippen LogP) is 5.44. The lowest BCUT2D eigenvalue weighted by Crippen LogP contribution is -2.47. The van der Waals surface area contributed by atoms with E-state index in [1.165, 1.54) is 5.56 Å². The summed E-state index contributed by atoms with van der Waals surface area (Å²) >= 11 is 0. The first-order valence-corrected chi connectivity index (χ1v) is 11.7. The molecule has 27 heavy (non-hydrogen) atoms. The van der Waals surface area contributed by atoms with E-state index in [1.807, 2.05) is 31.2 Å². The molecule has 4 rings (SSSR count). The van der Waals surface area contributed by atoms with Crippen LogP contribution in [0.25, 0.3) is 0 Å². The number of benzene rings is 2. The van der Waals surface area contributed by atoms with Gasteiger partial charge in [-0.2, -0.15) is 0 Å². The third-order valence-corrected chi connectivity index (χ3v) is 8.76. The highest BCUT2D eigenvalue weighted by atomic mass is 31.2. The van der Waals surface area contributed by atoms with Gasteiger partial charge in [0.25, 0.3) is 0 Å². The molecule has 2 fully saturated rings. The molecule has 4 atom stereocenters. The Balaban J connectivity index is 1.88. The molecule has 0 aromatic heterocycles. The molecule has 0 bridgehead atoms. The third kappa shape index (κ3) is 3.00. The first kappa shape index (κ1) is 18.9. The molecular formula is C22H28NO3P. The minimum Gasteiger partial charge on any atom is -0.358 e. The normalized spacial score (nSPS) is 33.5. The summed E-state index contributed by atoms with van der Waals surface area (Å²) in [6, 6.07) is 20.6. The summed E-state index contributed by atoms with van der Waals surface area (Å²) in [7, 11) is -2.96. The van der Waals surface area contributed by atoms with Gasteiger partial charge in [0.15, 0.2) is 0 Å². The van der Waals surface area contributed by atoms with Crippen LogP contribution in [-0.4, -0.2) is 30.0 Å². The van der Waals surface area contributed by atoms with Gasteiger partial charge in [0.1, 0.15) is 11.5 Å². The molecule has 2 saturated heterocycles. The molecule has 5 heteroatoms. The van der Waals surface area contributed by atoms with Gasteiger partial charge in [-0.15, -0.1) is 0 Å². The maximum atomic E-state index is 14.1. The first-order valence-electron chi connectivity index (χ1n) is 9.77. The Kier molecular flexibility index (Phi) is 5.02. The molecule has 4 nitrogen and oxygen atoms in total. The predicted molar refractivity (Wildman–Crippen MR) is 108 cm³/mol. The molecule has 0 N–H and O–H groups in total. The SMILES string of the molecule is CCOP1(=O)CC2(C(C)C)OC[C@@H](c3ccccc3)N2C1c1ccccc1. The highest BCUT2D eigenvalue weighted by Crippen LogP contribution is 2.73. The molecule has 0 aliphatic carbocycles. The Morgan fingerprint density at radius 3 is 2.26 bits per heavy atom. The molecular weight excluding hydrogens is 357 g/mol. The minimum absolute atomic E-state index is 0.0649. The third-order valence-electron chi connectivity index (χ3n) is 5.88. The summed E-state index contributed by atoms with van der Waals surface area (Å²) in [5.41, 5.74) is 1.68. The molecule has 0 radical (unpaired) electrons. The fourth-order valence-electron chi connectivity index (χ4n) is 4.67. The monoisotopic (exact) mass is 385 g/mol. The zero-order valence-corrected chi connectivity index (χ0v) is 17.1. The van der Waals surface area contributed by atoms with E-state index in [4.69, 9.17) is 9.26 Å². The average molecular weight is 385 g/mol. The summed E-state index contributed by atoms with van der Waals surface area (Å²) in [5, 5.41) is 0. The first-order chi connectivity index (χ1) is 13.0. The van der Waals surface area contributed by atoms with Crippen LogP contribution in [0.3, 0.4) is 0 Å². The second-order valence-corrected chi connectivity index (χ2v) is 10.2. The van der Waals surface area contributed by atoms with E-state index in [1.54, 1.807) is 0 Å². The number of hydrogen-bond acceptors (Lipinski definition) is 4. The molecule has 144 valence electrons. The molecule has 0 amide bonds. The molecule has 2 heterocycles. The van der Waals surface area contributed by atoms with Crippen LogP contribution in [0, 0.1) is 5.92 Å².